The number of aromatic nitrogens is 1. The highest BCUT2D eigenvalue weighted by molar-refractivity contribution is 7.09. The third-order valence-electron chi connectivity index (χ3n) is 7.33. The van der Waals surface area contributed by atoms with E-state index in [2.05, 4.69) is 23.6 Å². The van der Waals surface area contributed by atoms with Crippen molar-refractivity contribution in [3.8, 4) is 17.0 Å². The molecule has 1 aromatic carbocycles. The highest BCUT2D eigenvalue weighted by Gasteiger charge is 2.54. The summed E-state index contributed by atoms with van der Waals surface area (Å²) in [5.41, 5.74) is 2.10. The van der Waals surface area contributed by atoms with Gasteiger partial charge in [0.05, 0.1) is 17.7 Å². The maximum atomic E-state index is 13.4. The highest BCUT2D eigenvalue weighted by Crippen LogP contribution is 2.60. The molecule has 0 radical (unpaired) electrons. The summed E-state index contributed by atoms with van der Waals surface area (Å²) in [6.45, 7) is 4.77. The van der Waals surface area contributed by atoms with Crippen LogP contribution >= 0.6 is 11.3 Å². The number of nitrogens with zero attached hydrogens (tertiary/aromatic N) is 2. The zero-order chi connectivity index (χ0) is 20.2. The van der Waals surface area contributed by atoms with Crippen LogP contribution in [-0.2, 0) is 11.8 Å². The van der Waals surface area contributed by atoms with E-state index < -0.39 is 0 Å². The normalized spacial score (nSPS) is 30.7. The van der Waals surface area contributed by atoms with E-state index in [9.17, 15) is 4.79 Å². The van der Waals surface area contributed by atoms with Gasteiger partial charge in [-0.05, 0) is 100.0 Å². The van der Waals surface area contributed by atoms with E-state index in [-0.39, 0.29) is 11.3 Å². The molecule has 0 atom stereocenters. The molecule has 2 aromatic rings. The standard InChI is InChI=1S/C24H30N2O2S/c1-4-28-20-7-5-19(6-8-20)21-15(2)29-23(26(21)3)25-22(27)24-12-16-9-17(13-24)11-18(10-16)14-24/h5-8,16-18H,4,9-14H2,1-3H3. The topological polar surface area (TPSA) is 43.6 Å². The van der Waals surface area contributed by atoms with Crippen LogP contribution in [0.5, 0.6) is 5.75 Å². The minimum absolute atomic E-state index is 0.145. The molecule has 0 saturated heterocycles. The van der Waals surface area contributed by atoms with Crippen LogP contribution in [0.4, 0.5) is 0 Å². The first-order valence-electron chi connectivity index (χ1n) is 11.0. The van der Waals surface area contributed by atoms with Crippen molar-refractivity contribution in [1.29, 1.82) is 0 Å². The predicted octanol–water partition coefficient (Wildman–Crippen LogP) is 5.10. The van der Waals surface area contributed by atoms with Gasteiger partial charge in [0.1, 0.15) is 5.75 Å². The Morgan fingerprint density at radius 1 is 1.14 bits per heavy atom. The number of benzene rings is 1. The molecule has 4 nitrogen and oxygen atoms in total. The lowest BCUT2D eigenvalue weighted by molar-refractivity contribution is -0.142. The van der Waals surface area contributed by atoms with Crippen LogP contribution in [0, 0.1) is 30.1 Å². The van der Waals surface area contributed by atoms with Crippen molar-refractivity contribution in [3.63, 3.8) is 0 Å². The van der Waals surface area contributed by atoms with E-state index in [0.29, 0.717) is 6.61 Å². The maximum Gasteiger partial charge on any atom is 0.254 e. The molecule has 4 aliphatic carbocycles. The number of thiazole rings is 1. The van der Waals surface area contributed by atoms with Crippen molar-refractivity contribution in [3.05, 3.63) is 33.9 Å². The first-order valence-corrected chi connectivity index (χ1v) is 11.8. The van der Waals surface area contributed by atoms with Crippen LogP contribution in [-0.4, -0.2) is 17.1 Å². The Labute approximate surface area is 176 Å². The lowest BCUT2D eigenvalue weighted by atomic mass is 9.49. The van der Waals surface area contributed by atoms with E-state index in [4.69, 9.17) is 9.73 Å². The van der Waals surface area contributed by atoms with Crippen molar-refractivity contribution in [2.24, 2.45) is 35.2 Å². The van der Waals surface area contributed by atoms with Gasteiger partial charge in [0, 0.05) is 11.9 Å². The Morgan fingerprint density at radius 2 is 1.72 bits per heavy atom. The van der Waals surface area contributed by atoms with Gasteiger partial charge in [0.25, 0.3) is 5.91 Å². The third-order valence-corrected chi connectivity index (χ3v) is 8.38. The van der Waals surface area contributed by atoms with E-state index in [1.54, 1.807) is 11.3 Å². The molecule has 1 heterocycles. The van der Waals surface area contributed by atoms with Gasteiger partial charge in [0.15, 0.2) is 4.80 Å². The summed E-state index contributed by atoms with van der Waals surface area (Å²) < 4.78 is 7.66. The Hall–Kier alpha value is -1.88. The molecule has 6 rings (SSSR count). The lowest BCUT2D eigenvalue weighted by Gasteiger charge is -2.55. The van der Waals surface area contributed by atoms with Crippen LogP contribution in [0.25, 0.3) is 11.3 Å². The van der Waals surface area contributed by atoms with E-state index in [1.165, 1.54) is 24.1 Å². The average molecular weight is 411 g/mol. The molecule has 4 saturated carbocycles. The van der Waals surface area contributed by atoms with Crippen molar-refractivity contribution in [2.75, 3.05) is 6.61 Å². The summed E-state index contributed by atoms with van der Waals surface area (Å²) >= 11 is 1.63. The first kappa shape index (κ1) is 19.1. The van der Waals surface area contributed by atoms with Crippen LogP contribution in [0.3, 0.4) is 0 Å². The van der Waals surface area contributed by atoms with Crippen molar-refractivity contribution >= 4 is 17.2 Å². The lowest BCUT2D eigenvalue weighted by Crippen LogP contribution is -2.49. The Morgan fingerprint density at radius 3 is 2.28 bits per heavy atom. The smallest absolute Gasteiger partial charge is 0.254 e. The minimum Gasteiger partial charge on any atom is -0.494 e. The Balaban J connectivity index is 1.47. The zero-order valence-corrected chi connectivity index (χ0v) is 18.4. The summed E-state index contributed by atoms with van der Waals surface area (Å²) in [5.74, 6) is 3.32. The van der Waals surface area contributed by atoms with Crippen LogP contribution < -0.4 is 9.54 Å². The summed E-state index contributed by atoms with van der Waals surface area (Å²) in [4.78, 5) is 20.1. The molecular formula is C24H30N2O2S. The SMILES string of the molecule is CCOc1ccc(-c2c(C)sc(=NC(=O)C34CC5CC(CC(C5)C3)C4)n2C)cc1. The highest BCUT2D eigenvalue weighted by atomic mass is 32.1. The maximum absolute atomic E-state index is 13.4. The van der Waals surface area contributed by atoms with Crippen molar-refractivity contribution in [2.45, 2.75) is 52.4 Å². The van der Waals surface area contributed by atoms with Crippen LogP contribution in [0.2, 0.25) is 0 Å². The number of amides is 1. The molecule has 4 fully saturated rings. The number of carbonyl (C=O) groups is 1. The number of rotatable bonds is 4. The van der Waals surface area contributed by atoms with Crippen molar-refractivity contribution in [1.82, 2.24) is 4.57 Å². The number of hydrogen-bond acceptors (Lipinski definition) is 3. The fraction of sp³-hybridized carbons (Fsp3) is 0.583. The predicted molar refractivity (Wildman–Crippen MR) is 116 cm³/mol. The molecule has 1 aromatic heterocycles. The largest absolute Gasteiger partial charge is 0.494 e. The second-order valence-electron chi connectivity index (χ2n) is 9.42. The van der Waals surface area contributed by atoms with Gasteiger partial charge in [-0.2, -0.15) is 4.99 Å². The number of aryl methyl sites for hydroxylation is 1. The molecular weight excluding hydrogens is 380 g/mol. The Bertz CT molecular complexity index is 964. The van der Waals surface area contributed by atoms with E-state index in [1.807, 2.05) is 26.1 Å². The van der Waals surface area contributed by atoms with Crippen LogP contribution in [0.15, 0.2) is 29.3 Å². The van der Waals surface area contributed by atoms with Crippen molar-refractivity contribution < 1.29 is 9.53 Å². The monoisotopic (exact) mass is 410 g/mol. The van der Waals surface area contributed by atoms with Gasteiger partial charge in [0.2, 0.25) is 0 Å². The summed E-state index contributed by atoms with van der Waals surface area (Å²) in [7, 11) is 2.03. The number of hydrogen-bond donors (Lipinski definition) is 0. The fourth-order valence-corrected chi connectivity index (χ4v) is 7.52. The second kappa shape index (κ2) is 7.12. The van der Waals surface area contributed by atoms with Gasteiger partial charge < -0.3 is 9.30 Å². The molecule has 154 valence electrons. The van der Waals surface area contributed by atoms with Gasteiger partial charge >= 0.3 is 0 Å². The first-order chi connectivity index (χ1) is 14.0. The van der Waals surface area contributed by atoms with Gasteiger partial charge in [-0.25, -0.2) is 0 Å². The molecule has 1 amide bonds. The zero-order valence-electron chi connectivity index (χ0n) is 17.6. The van der Waals surface area contributed by atoms with E-state index in [0.717, 1.165) is 58.8 Å². The number of ether oxygens (including phenoxy) is 1. The molecule has 0 aliphatic heterocycles. The van der Waals surface area contributed by atoms with E-state index >= 15 is 0 Å². The second-order valence-corrected chi connectivity index (χ2v) is 10.6. The summed E-state index contributed by atoms with van der Waals surface area (Å²) in [5, 5.41) is 0. The molecule has 4 bridgehead atoms. The average Bonchev–Trinajstić information content (AvgIpc) is 2.95. The third kappa shape index (κ3) is 3.27. The molecule has 0 N–H and O–H groups in total. The number of carbonyl (C=O) groups excluding carboxylic acids is 1. The molecule has 5 heteroatoms. The molecule has 29 heavy (non-hydrogen) atoms. The van der Waals surface area contributed by atoms with Gasteiger partial charge in [-0.1, -0.05) is 0 Å². The quantitative estimate of drug-likeness (QED) is 0.703. The van der Waals surface area contributed by atoms with Gasteiger partial charge in [-0.3, -0.25) is 4.79 Å². The van der Waals surface area contributed by atoms with Crippen LogP contribution in [0.1, 0.15) is 50.3 Å². The summed E-state index contributed by atoms with van der Waals surface area (Å²) in [6, 6.07) is 8.19. The fourth-order valence-electron chi connectivity index (χ4n) is 6.53. The minimum atomic E-state index is -0.168. The molecule has 0 spiro atoms. The molecule has 4 aliphatic rings. The Kier molecular flexibility index (Phi) is 4.69. The van der Waals surface area contributed by atoms with Gasteiger partial charge in [-0.15, -0.1) is 11.3 Å². The summed E-state index contributed by atoms with van der Waals surface area (Å²) in [6.07, 6.45) is 7.25. The molecule has 0 unspecified atom stereocenters.